The van der Waals surface area contributed by atoms with E-state index in [-0.39, 0.29) is 0 Å². The average Bonchev–Trinajstić information content (AvgIpc) is 1.97. The zero-order chi connectivity index (χ0) is 9.92. The van der Waals surface area contributed by atoms with E-state index in [9.17, 15) is 4.39 Å². The largest absolute Gasteiger partial charge is 0.306 e. The zero-order valence-corrected chi connectivity index (χ0v) is 9.17. The molecule has 0 N–H and O–H groups in total. The van der Waals surface area contributed by atoms with Crippen molar-refractivity contribution < 1.29 is 4.39 Å². The third-order valence-corrected chi connectivity index (χ3v) is 4.74. The average molecular weight is 197 g/mol. The quantitative estimate of drug-likeness (QED) is 0.624. The van der Waals surface area contributed by atoms with Crippen LogP contribution in [0.4, 0.5) is 4.39 Å². The molecule has 0 aromatic carbocycles. The first-order chi connectivity index (χ1) is 6.57. The van der Waals surface area contributed by atoms with Gasteiger partial charge < -0.3 is 4.90 Å². The number of nitrogens with zero attached hydrogens (tertiary/aromatic N) is 1. The summed E-state index contributed by atoms with van der Waals surface area (Å²) in [7, 11) is 4.33. The van der Waals surface area contributed by atoms with E-state index in [1.54, 1.807) is 0 Å². The van der Waals surface area contributed by atoms with Gasteiger partial charge in [-0.05, 0) is 64.0 Å². The molecule has 3 unspecified atom stereocenters. The standard InChI is InChI=1S/C12H20FN/c1-14(2)11-9-3-8-4-10(11)7-12(13,5-8)6-9/h8-11H,3-7H2,1-2H3/t8?,9-,10+,11?,12?. The number of hydrogen-bond donors (Lipinski definition) is 0. The monoisotopic (exact) mass is 197 g/mol. The summed E-state index contributed by atoms with van der Waals surface area (Å²) < 4.78 is 14.3. The molecule has 4 aliphatic carbocycles. The Bertz CT molecular complexity index is 235. The molecule has 80 valence electrons. The fraction of sp³-hybridized carbons (Fsp3) is 1.00. The molecule has 0 radical (unpaired) electrons. The molecule has 4 aliphatic rings. The first-order valence-corrected chi connectivity index (χ1v) is 5.93. The van der Waals surface area contributed by atoms with Gasteiger partial charge in [0.25, 0.3) is 0 Å². The van der Waals surface area contributed by atoms with Crippen molar-refractivity contribution in [3.63, 3.8) is 0 Å². The van der Waals surface area contributed by atoms with Gasteiger partial charge in [-0.25, -0.2) is 4.39 Å². The second-order valence-corrected chi connectivity index (χ2v) is 6.08. The second-order valence-electron chi connectivity index (χ2n) is 6.08. The molecule has 4 bridgehead atoms. The first-order valence-electron chi connectivity index (χ1n) is 5.93. The Morgan fingerprint density at radius 3 is 2.07 bits per heavy atom. The summed E-state index contributed by atoms with van der Waals surface area (Å²) >= 11 is 0. The minimum Gasteiger partial charge on any atom is -0.306 e. The minimum absolute atomic E-state index is 0.654. The Balaban J connectivity index is 1.89. The van der Waals surface area contributed by atoms with Crippen molar-refractivity contribution in [1.82, 2.24) is 4.90 Å². The van der Waals surface area contributed by atoms with E-state index in [1.165, 1.54) is 12.8 Å². The van der Waals surface area contributed by atoms with Crippen molar-refractivity contribution in [2.45, 2.75) is 43.8 Å². The summed E-state index contributed by atoms with van der Waals surface area (Å²) in [5, 5.41) is 0. The molecule has 0 heterocycles. The molecular formula is C12H20FN. The van der Waals surface area contributed by atoms with Crippen LogP contribution in [0.2, 0.25) is 0 Å². The number of hydrogen-bond acceptors (Lipinski definition) is 1. The highest BCUT2D eigenvalue weighted by atomic mass is 19.1. The molecule has 0 aliphatic heterocycles. The SMILES string of the molecule is CN(C)C1[C@@H]2CC3C[C@H]1CC(F)(C3)C2. The van der Waals surface area contributed by atoms with Crippen LogP contribution < -0.4 is 0 Å². The van der Waals surface area contributed by atoms with Crippen molar-refractivity contribution in [2.24, 2.45) is 17.8 Å². The van der Waals surface area contributed by atoms with Gasteiger partial charge in [0, 0.05) is 6.04 Å². The van der Waals surface area contributed by atoms with Gasteiger partial charge in [0.15, 0.2) is 0 Å². The maximum Gasteiger partial charge on any atom is 0.112 e. The molecule has 4 fully saturated rings. The number of rotatable bonds is 1. The smallest absolute Gasteiger partial charge is 0.112 e. The van der Waals surface area contributed by atoms with Crippen molar-refractivity contribution in [3.05, 3.63) is 0 Å². The summed E-state index contributed by atoms with van der Waals surface area (Å²) in [4.78, 5) is 2.34. The van der Waals surface area contributed by atoms with E-state index in [0.717, 1.165) is 19.3 Å². The maximum atomic E-state index is 14.3. The topological polar surface area (TPSA) is 3.24 Å². The number of alkyl halides is 1. The lowest BCUT2D eigenvalue weighted by molar-refractivity contribution is -0.115. The molecule has 0 spiro atoms. The Morgan fingerprint density at radius 1 is 1.07 bits per heavy atom. The van der Waals surface area contributed by atoms with Gasteiger partial charge in [-0.1, -0.05) is 0 Å². The van der Waals surface area contributed by atoms with Crippen molar-refractivity contribution in [2.75, 3.05) is 14.1 Å². The van der Waals surface area contributed by atoms with Crippen molar-refractivity contribution >= 4 is 0 Å². The van der Waals surface area contributed by atoms with Crippen LogP contribution in [0.25, 0.3) is 0 Å². The Kier molecular flexibility index (Phi) is 1.77. The first kappa shape index (κ1) is 9.14. The third-order valence-electron chi connectivity index (χ3n) is 4.74. The molecule has 0 amide bonds. The fourth-order valence-corrected chi connectivity index (χ4v) is 4.74. The molecule has 1 nitrogen and oxygen atoms in total. The molecule has 2 heteroatoms. The van der Waals surface area contributed by atoms with Gasteiger partial charge in [0.1, 0.15) is 5.67 Å². The Labute approximate surface area is 85.7 Å². The predicted octanol–water partition coefficient (Wildman–Crippen LogP) is 2.46. The van der Waals surface area contributed by atoms with Crippen molar-refractivity contribution in [3.8, 4) is 0 Å². The molecular weight excluding hydrogens is 177 g/mol. The second kappa shape index (κ2) is 2.72. The van der Waals surface area contributed by atoms with Gasteiger partial charge in [-0.3, -0.25) is 0 Å². The fourth-order valence-electron chi connectivity index (χ4n) is 4.74. The summed E-state index contributed by atoms with van der Waals surface area (Å²) in [6, 6.07) is 0.676. The van der Waals surface area contributed by atoms with E-state index in [1.807, 2.05) is 0 Å². The highest BCUT2D eigenvalue weighted by molar-refractivity contribution is 5.08. The van der Waals surface area contributed by atoms with Gasteiger partial charge in [-0.15, -0.1) is 0 Å². The normalized spacial score (nSPS) is 55.7. The van der Waals surface area contributed by atoms with E-state index in [0.29, 0.717) is 23.8 Å². The van der Waals surface area contributed by atoms with Crippen LogP contribution >= 0.6 is 0 Å². The third kappa shape index (κ3) is 1.16. The van der Waals surface area contributed by atoms with Crippen LogP contribution in [0.3, 0.4) is 0 Å². The minimum atomic E-state index is -0.761. The Hall–Kier alpha value is -0.110. The van der Waals surface area contributed by atoms with Gasteiger partial charge in [-0.2, -0.15) is 0 Å². The van der Waals surface area contributed by atoms with Crippen LogP contribution in [0.1, 0.15) is 32.1 Å². The van der Waals surface area contributed by atoms with E-state index >= 15 is 0 Å². The molecule has 0 aromatic heterocycles. The molecule has 4 saturated carbocycles. The van der Waals surface area contributed by atoms with Crippen LogP contribution in [0.15, 0.2) is 0 Å². The van der Waals surface area contributed by atoms with Crippen LogP contribution in [-0.2, 0) is 0 Å². The predicted molar refractivity (Wildman–Crippen MR) is 54.9 cm³/mol. The van der Waals surface area contributed by atoms with Crippen LogP contribution in [-0.4, -0.2) is 30.7 Å². The van der Waals surface area contributed by atoms with E-state index in [4.69, 9.17) is 0 Å². The lowest BCUT2D eigenvalue weighted by Crippen LogP contribution is -2.58. The van der Waals surface area contributed by atoms with E-state index < -0.39 is 5.67 Å². The number of halogens is 1. The lowest BCUT2D eigenvalue weighted by atomic mass is 9.52. The molecule has 0 saturated heterocycles. The highest BCUT2D eigenvalue weighted by Crippen LogP contribution is 2.58. The van der Waals surface area contributed by atoms with Gasteiger partial charge >= 0.3 is 0 Å². The van der Waals surface area contributed by atoms with Crippen LogP contribution in [0, 0.1) is 17.8 Å². The molecule has 4 rings (SSSR count). The lowest BCUT2D eigenvalue weighted by Gasteiger charge is -2.58. The molecule has 5 atom stereocenters. The Morgan fingerprint density at radius 2 is 1.64 bits per heavy atom. The maximum absolute atomic E-state index is 14.3. The van der Waals surface area contributed by atoms with E-state index in [2.05, 4.69) is 19.0 Å². The zero-order valence-electron chi connectivity index (χ0n) is 9.17. The molecule has 0 aromatic rings. The van der Waals surface area contributed by atoms with Crippen molar-refractivity contribution in [1.29, 1.82) is 0 Å². The highest BCUT2D eigenvalue weighted by Gasteiger charge is 2.56. The summed E-state index contributed by atoms with van der Waals surface area (Å²) in [5.74, 6) is 2.02. The van der Waals surface area contributed by atoms with Gasteiger partial charge in [0.05, 0.1) is 0 Å². The molecule has 14 heavy (non-hydrogen) atoms. The summed E-state index contributed by atoms with van der Waals surface area (Å²) in [6.45, 7) is 0. The van der Waals surface area contributed by atoms with Crippen LogP contribution in [0.5, 0.6) is 0 Å². The summed E-state index contributed by atoms with van der Waals surface area (Å²) in [6.07, 6.45) is 5.17. The summed E-state index contributed by atoms with van der Waals surface area (Å²) in [5.41, 5.74) is -0.761. The van der Waals surface area contributed by atoms with Gasteiger partial charge in [0.2, 0.25) is 0 Å².